The summed E-state index contributed by atoms with van der Waals surface area (Å²) in [6.07, 6.45) is 3.87. The van der Waals surface area contributed by atoms with E-state index in [4.69, 9.17) is 10.1 Å². The third kappa shape index (κ3) is 2.80. The number of hydrogen-bond acceptors (Lipinski definition) is 5. The zero-order chi connectivity index (χ0) is 17.6. The van der Waals surface area contributed by atoms with E-state index in [0.717, 1.165) is 48.1 Å². The number of methoxy groups -OCH3 is 1. The molecule has 1 N–H and O–H groups in total. The third-order valence-corrected chi connectivity index (χ3v) is 6.42. The smallest absolute Gasteiger partial charge is 0.165 e. The van der Waals surface area contributed by atoms with Gasteiger partial charge in [0.25, 0.3) is 0 Å². The van der Waals surface area contributed by atoms with E-state index >= 15 is 0 Å². The molecule has 1 aliphatic heterocycles. The SMILES string of the molecule is COc1cc2nccc(N3CC4(CC(CS(=O)C=N)C4)C3)c2cc1F. The van der Waals surface area contributed by atoms with Gasteiger partial charge in [0, 0.05) is 47.6 Å². The van der Waals surface area contributed by atoms with Crippen molar-refractivity contribution in [3.8, 4) is 5.75 Å². The number of ether oxygens (including phenoxy) is 1. The molecule has 2 heterocycles. The molecule has 1 unspecified atom stereocenters. The average Bonchev–Trinajstić information content (AvgIpc) is 2.54. The Morgan fingerprint density at radius 1 is 1.48 bits per heavy atom. The van der Waals surface area contributed by atoms with Gasteiger partial charge in [-0.1, -0.05) is 0 Å². The second-order valence-corrected chi connectivity index (χ2v) is 8.46. The van der Waals surface area contributed by atoms with Gasteiger partial charge in [-0.2, -0.15) is 0 Å². The molecular formula is C18H20FN3O2S. The molecule has 1 aromatic heterocycles. The van der Waals surface area contributed by atoms with E-state index < -0.39 is 10.8 Å². The fourth-order valence-electron chi connectivity index (χ4n) is 4.32. The van der Waals surface area contributed by atoms with Gasteiger partial charge < -0.3 is 9.64 Å². The maximum absolute atomic E-state index is 14.1. The van der Waals surface area contributed by atoms with Crippen LogP contribution in [0.2, 0.25) is 0 Å². The van der Waals surface area contributed by atoms with Crippen LogP contribution in [0.1, 0.15) is 12.8 Å². The van der Waals surface area contributed by atoms with E-state index in [-0.39, 0.29) is 11.6 Å². The summed E-state index contributed by atoms with van der Waals surface area (Å²) in [6.45, 7) is 1.88. The van der Waals surface area contributed by atoms with Gasteiger partial charge in [-0.3, -0.25) is 14.6 Å². The van der Waals surface area contributed by atoms with E-state index in [0.29, 0.717) is 17.1 Å². The van der Waals surface area contributed by atoms with Crippen LogP contribution in [-0.4, -0.2) is 40.7 Å². The summed E-state index contributed by atoms with van der Waals surface area (Å²) in [7, 11) is 0.330. The predicted octanol–water partition coefficient (Wildman–Crippen LogP) is 2.95. The minimum Gasteiger partial charge on any atom is -0.494 e. The lowest BCUT2D eigenvalue weighted by Gasteiger charge is -2.60. The highest BCUT2D eigenvalue weighted by Gasteiger charge is 2.52. The van der Waals surface area contributed by atoms with Crippen molar-refractivity contribution in [2.75, 3.05) is 30.9 Å². The fraction of sp³-hybridized carbons (Fsp3) is 0.444. The zero-order valence-corrected chi connectivity index (χ0v) is 14.8. The standard InChI is InChI=1S/C18H20FN3O2S/c1-24-17-5-15-13(4-14(17)19)16(2-3-21-15)22-9-18(10-22)6-12(7-18)8-25(23)11-20/h2-5,11-12,20H,6-10H2,1H3. The largest absolute Gasteiger partial charge is 0.494 e. The van der Waals surface area contributed by atoms with Crippen molar-refractivity contribution in [3.63, 3.8) is 0 Å². The van der Waals surface area contributed by atoms with Crippen LogP contribution in [0.4, 0.5) is 10.1 Å². The van der Waals surface area contributed by atoms with Crippen molar-refractivity contribution in [2.24, 2.45) is 11.3 Å². The predicted molar refractivity (Wildman–Crippen MR) is 97.4 cm³/mol. The number of anilines is 1. The number of nitrogens with zero attached hydrogens (tertiary/aromatic N) is 2. The van der Waals surface area contributed by atoms with Crippen LogP contribution in [0.25, 0.3) is 10.9 Å². The first-order valence-electron chi connectivity index (χ1n) is 8.28. The average molecular weight is 361 g/mol. The molecule has 1 saturated heterocycles. The molecule has 0 amide bonds. The minimum absolute atomic E-state index is 0.207. The fourth-order valence-corrected chi connectivity index (χ4v) is 5.12. The molecule has 7 heteroatoms. The van der Waals surface area contributed by atoms with E-state index in [1.54, 1.807) is 12.3 Å². The van der Waals surface area contributed by atoms with Gasteiger partial charge in [0.2, 0.25) is 0 Å². The quantitative estimate of drug-likeness (QED) is 0.657. The van der Waals surface area contributed by atoms with Crippen molar-refractivity contribution < 1.29 is 13.3 Å². The molecule has 5 nitrogen and oxygen atoms in total. The third-order valence-electron chi connectivity index (χ3n) is 5.36. The van der Waals surface area contributed by atoms with Crippen LogP contribution >= 0.6 is 0 Å². The van der Waals surface area contributed by atoms with Crippen molar-refractivity contribution in [2.45, 2.75) is 12.8 Å². The molecular weight excluding hydrogens is 341 g/mol. The number of nitrogens with one attached hydrogen (secondary N) is 1. The van der Waals surface area contributed by atoms with E-state index in [1.807, 2.05) is 6.07 Å². The van der Waals surface area contributed by atoms with Crippen molar-refractivity contribution >= 4 is 32.9 Å². The van der Waals surface area contributed by atoms with E-state index in [2.05, 4.69) is 9.88 Å². The van der Waals surface area contributed by atoms with Crippen LogP contribution in [0.5, 0.6) is 5.75 Å². The van der Waals surface area contributed by atoms with Crippen molar-refractivity contribution in [1.82, 2.24) is 4.98 Å². The molecule has 132 valence electrons. The van der Waals surface area contributed by atoms with Crippen molar-refractivity contribution in [1.29, 1.82) is 5.41 Å². The molecule has 1 aromatic carbocycles. The number of fused-ring (bicyclic) bond motifs is 1. The normalized spacial score (nSPS) is 20.2. The molecule has 1 spiro atoms. The minimum atomic E-state index is -1.12. The Morgan fingerprint density at radius 2 is 2.24 bits per heavy atom. The maximum Gasteiger partial charge on any atom is 0.165 e. The number of halogens is 1. The highest BCUT2D eigenvalue weighted by atomic mass is 32.2. The molecule has 2 aliphatic rings. The van der Waals surface area contributed by atoms with Crippen LogP contribution in [0.15, 0.2) is 24.4 Å². The Hall–Kier alpha value is -2.02. The van der Waals surface area contributed by atoms with Gasteiger partial charge in [0.1, 0.15) is 0 Å². The molecule has 2 aromatic rings. The Kier molecular flexibility index (Phi) is 3.98. The Morgan fingerprint density at radius 3 is 2.92 bits per heavy atom. The number of rotatable bonds is 5. The summed E-state index contributed by atoms with van der Waals surface area (Å²) in [6, 6.07) is 5.06. The summed E-state index contributed by atoms with van der Waals surface area (Å²) < 4.78 is 30.6. The van der Waals surface area contributed by atoms with Crippen molar-refractivity contribution in [3.05, 3.63) is 30.2 Å². The first-order valence-corrected chi connectivity index (χ1v) is 9.67. The Bertz CT molecular complexity index is 859. The number of benzene rings is 1. The first-order chi connectivity index (χ1) is 12.0. The van der Waals surface area contributed by atoms with Gasteiger partial charge in [-0.05, 0) is 30.9 Å². The van der Waals surface area contributed by atoms with Gasteiger partial charge in [-0.15, -0.1) is 0 Å². The van der Waals surface area contributed by atoms with Crippen LogP contribution < -0.4 is 9.64 Å². The second-order valence-electron chi connectivity index (χ2n) is 7.13. The topological polar surface area (TPSA) is 66.3 Å². The van der Waals surface area contributed by atoms with Gasteiger partial charge >= 0.3 is 0 Å². The monoisotopic (exact) mass is 361 g/mol. The molecule has 0 bridgehead atoms. The number of aromatic nitrogens is 1. The van der Waals surface area contributed by atoms with Gasteiger partial charge in [0.05, 0.1) is 29.0 Å². The summed E-state index contributed by atoms with van der Waals surface area (Å²) in [5.74, 6) is 0.894. The van der Waals surface area contributed by atoms with Crippen LogP contribution in [0, 0.1) is 22.6 Å². The lowest BCUT2D eigenvalue weighted by molar-refractivity contribution is 0.0360. The number of pyridine rings is 1. The molecule has 4 rings (SSSR count). The van der Waals surface area contributed by atoms with Gasteiger partial charge in [0.15, 0.2) is 11.6 Å². The molecule has 1 aliphatic carbocycles. The van der Waals surface area contributed by atoms with E-state index in [1.165, 1.54) is 13.2 Å². The summed E-state index contributed by atoms with van der Waals surface area (Å²) in [4.78, 5) is 6.59. The highest BCUT2D eigenvalue weighted by molar-refractivity contribution is 7.98. The molecule has 25 heavy (non-hydrogen) atoms. The highest BCUT2D eigenvalue weighted by Crippen LogP contribution is 2.53. The Balaban J connectivity index is 1.49. The summed E-state index contributed by atoms with van der Waals surface area (Å²) in [5, 5.41) is 7.85. The summed E-state index contributed by atoms with van der Waals surface area (Å²) in [5.41, 5.74) is 3.06. The molecule has 1 saturated carbocycles. The zero-order valence-electron chi connectivity index (χ0n) is 14.0. The van der Waals surface area contributed by atoms with Gasteiger partial charge in [-0.25, -0.2) is 4.39 Å². The lowest BCUT2D eigenvalue weighted by Crippen LogP contribution is -2.63. The summed E-state index contributed by atoms with van der Waals surface area (Å²) >= 11 is 0. The molecule has 2 fully saturated rings. The first kappa shape index (κ1) is 16.4. The Labute approximate surface area is 148 Å². The maximum atomic E-state index is 14.1. The lowest BCUT2D eigenvalue weighted by atomic mass is 9.58. The second kappa shape index (κ2) is 6.05. The molecule has 0 radical (unpaired) electrons. The van der Waals surface area contributed by atoms with Crippen LogP contribution in [0.3, 0.4) is 0 Å². The van der Waals surface area contributed by atoms with E-state index in [9.17, 15) is 8.60 Å². The van der Waals surface area contributed by atoms with Crippen LogP contribution in [-0.2, 0) is 10.8 Å². The number of hydrogen-bond donors (Lipinski definition) is 1. The molecule has 1 atom stereocenters.